The summed E-state index contributed by atoms with van der Waals surface area (Å²) in [7, 11) is 0. The van der Waals surface area contributed by atoms with Crippen LogP contribution >= 0.6 is 0 Å². The zero-order chi connectivity index (χ0) is 9.56. The summed E-state index contributed by atoms with van der Waals surface area (Å²) in [5, 5.41) is 0. The Morgan fingerprint density at radius 3 is 2.25 bits per heavy atom. The van der Waals surface area contributed by atoms with Crippen molar-refractivity contribution in [1.29, 1.82) is 0 Å². The predicted molar refractivity (Wildman–Crippen MR) is 46.9 cm³/mol. The van der Waals surface area contributed by atoms with E-state index in [1.807, 2.05) is 27.7 Å². The number of ether oxygens (including phenoxy) is 2. The van der Waals surface area contributed by atoms with E-state index in [2.05, 4.69) is 0 Å². The summed E-state index contributed by atoms with van der Waals surface area (Å²) in [6.07, 6.45) is 0.212. The Balaban J connectivity index is 3.85. The van der Waals surface area contributed by atoms with Crippen LogP contribution in [0.3, 0.4) is 0 Å². The fraction of sp³-hybridized carbons (Fsp3) is 0.889. The van der Waals surface area contributed by atoms with Crippen molar-refractivity contribution in [2.24, 2.45) is 0 Å². The molecule has 0 aromatic rings. The van der Waals surface area contributed by atoms with Crippen LogP contribution in [0.25, 0.3) is 0 Å². The van der Waals surface area contributed by atoms with Gasteiger partial charge < -0.3 is 9.47 Å². The molecule has 0 spiro atoms. The first kappa shape index (κ1) is 11.4. The van der Waals surface area contributed by atoms with Crippen molar-refractivity contribution < 1.29 is 14.3 Å². The van der Waals surface area contributed by atoms with Crippen molar-refractivity contribution in [1.82, 2.24) is 0 Å². The Morgan fingerprint density at radius 1 is 1.33 bits per heavy atom. The molecule has 0 bridgehead atoms. The van der Waals surface area contributed by atoms with E-state index in [4.69, 9.17) is 9.47 Å². The molecular formula is C9H18O3. The number of esters is 1. The second kappa shape index (κ2) is 6.00. The topological polar surface area (TPSA) is 35.5 Å². The van der Waals surface area contributed by atoms with Gasteiger partial charge in [0.1, 0.15) is 0 Å². The monoisotopic (exact) mass is 174 g/mol. The van der Waals surface area contributed by atoms with E-state index < -0.39 is 6.10 Å². The first-order valence-corrected chi connectivity index (χ1v) is 4.43. The van der Waals surface area contributed by atoms with Crippen molar-refractivity contribution in [2.75, 3.05) is 6.61 Å². The highest BCUT2D eigenvalue weighted by Crippen LogP contribution is 2.02. The van der Waals surface area contributed by atoms with Gasteiger partial charge in [0.25, 0.3) is 0 Å². The quantitative estimate of drug-likeness (QED) is 0.596. The lowest BCUT2D eigenvalue weighted by Gasteiger charge is -2.15. The number of carbonyl (C=O) groups excluding carboxylic acids is 1. The van der Waals surface area contributed by atoms with Gasteiger partial charge in [0.15, 0.2) is 6.10 Å². The summed E-state index contributed by atoms with van der Waals surface area (Å²) < 4.78 is 10.2. The second-order valence-electron chi connectivity index (χ2n) is 2.84. The highest BCUT2D eigenvalue weighted by molar-refractivity contribution is 5.74. The van der Waals surface area contributed by atoms with Gasteiger partial charge in [-0.15, -0.1) is 0 Å². The van der Waals surface area contributed by atoms with Crippen LogP contribution in [0.15, 0.2) is 0 Å². The molecule has 3 nitrogen and oxygen atoms in total. The minimum Gasteiger partial charge on any atom is -0.461 e. The normalized spacial score (nSPS) is 13.1. The van der Waals surface area contributed by atoms with Crippen LogP contribution in [0.1, 0.15) is 34.1 Å². The average molecular weight is 174 g/mol. The van der Waals surface area contributed by atoms with Gasteiger partial charge >= 0.3 is 5.97 Å². The van der Waals surface area contributed by atoms with E-state index in [0.29, 0.717) is 13.0 Å². The summed E-state index contributed by atoms with van der Waals surface area (Å²) in [6, 6.07) is 0. The molecular weight excluding hydrogens is 156 g/mol. The standard InChI is InChI=1S/C9H18O3/c1-5-8(11-6-2)9(10)12-7(3)4/h7-8H,5-6H2,1-4H3. The van der Waals surface area contributed by atoms with Crippen molar-refractivity contribution >= 4 is 5.97 Å². The largest absolute Gasteiger partial charge is 0.461 e. The third-order valence-electron chi connectivity index (χ3n) is 1.35. The second-order valence-corrected chi connectivity index (χ2v) is 2.84. The molecule has 0 N–H and O–H groups in total. The maximum absolute atomic E-state index is 11.2. The average Bonchev–Trinajstić information content (AvgIpc) is 1.98. The molecule has 0 saturated carbocycles. The van der Waals surface area contributed by atoms with E-state index in [0.717, 1.165) is 0 Å². The van der Waals surface area contributed by atoms with Gasteiger partial charge in [-0.05, 0) is 27.2 Å². The number of hydrogen-bond donors (Lipinski definition) is 0. The van der Waals surface area contributed by atoms with Crippen molar-refractivity contribution in [3.8, 4) is 0 Å². The summed E-state index contributed by atoms with van der Waals surface area (Å²) in [5.74, 6) is -0.255. The van der Waals surface area contributed by atoms with Crippen LogP contribution < -0.4 is 0 Å². The third-order valence-corrected chi connectivity index (χ3v) is 1.35. The Hall–Kier alpha value is -0.570. The van der Waals surface area contributed by atoms with Gasteiger partial charge in [-0.1, -0.05) is 6.92 Å². The summed E-state index contributed by atoms with van der Waals surface area (Å²) >= 11 is 0. The number of hydrogen-bond acceptors (Lipinski definition) is 3. The molecule has 0 radical (unpaired) electrons. The van der Waals surface area contributed by atoms with Crippen LogP contribution in [0.2, 0.25) is 0 Å². The van der Waals surface area contributed by atoms with Gasteiger partial charge in [-0.25, -0.2) is 4.79 Å². The van der Waals surface area contributed by atoms with E-state index in [1.54, 1.807) is 0 Å². The highest BCUT2D eigenvalue weighted by atomic mass is 16.6. The van der Waals surface area contributed by atoms with Crippen LogP contribution in [0.4, 0.5) is 0 Å². The van der Waals surface area contributed by atoms with Crippen molar-refractivity contribution in [3.05, 3.63) is 0 Å². The zero-order valence-corrected chi connectivity index (χ0v) is 8.29. The Bertz CT molecular complexity index is 132. The molecule has 3 heteroatoms. The molecule has 1 unspecified atom stereocenters. The van der Waals surface area contributed by atoms with E-state index in [9.17, 15) is 4.79 Å². The molecule has 0 heterocycles. The lowest BCUT2D eigenvalue weighted by molar-refractivity contribution is -0.161. The molecule has 72 valence electrons. The molecule has 0 aromatic heterocycles. The summed E-state index contributed by atoms with van der Waals surface area (Å²) in [6.45, 7) is 7.98. The molecule has 0 aliphatic carbocycles. The van der Waals surface area contributed by atoms with Crippen LogP contribution in [-0.4, -0.2) is 24.8 Å². The molecule has 1 atom stereocenters. The summed E-state index contributed by atoms with van der Waals surface area (Å²) in [5.41, 5.74) is 0. The Labute approximate surface area is 74.0 Å². The van der Waals surface area contributed by atoms with Gasteiger partial charge in [-0.2, -0.15) is 0 Å². The first-order valence-electron chi connectivity index (χ1n) is 4.43. The van der Waals surface area contributed by atoms with Crippen molar-refractivity contribution in [3.63, 3.8) is 0 Å². The molecule has 12 heavy (non-hydrogen) atoms. The smallest absolute Gasteiger partial charge is 0.335 e. The van der Waals surface area contributed by atoms with E-state index >= 15 is 0 Å². The minimum atomic E-state index is -0.391. The maximum atomic E-state index is 11.2. The van der Waals surface area contributed by atoms with Gasteiger partial charge in [-0.3, -0.25) is 0 Å². The Morgan fingerprint density at radius 2 is 1.92 bits per heavy atom. The molecule has 0 amide bonds. The lowest BCUT2D eigenvalue weighted by Crippen LogP contribution is -2.28. The van der Waals surface area contributed by atoms with Gasteiger partial charge in [0.05, 0.1) is 6.10 Å². The van der Waals surface area contributed by atoms with Crippen LogP contribution in [-0.2, 0) is 14.3 Å². The molecule has 0 saturated heterocycles. The Kier molecular flexibility index (Phi) is 5.72. The van der Waals surface area contributed by atoms with E-state index in [-0.39, 0.29) is 12.1 Å². The summed E-state index contributed by atoms with van der Waals surface area (Å²) in [4.78, 5) is 11.2. The predicted octanol–water partition coefficient (Wildman–Crippen LogP) is 1.75. The zero-order valence-electron chi connectivity index (χ0n) is 8.29. The molecule has 0 aliphatic rings. The van der Waals surface area contributed by atoms with Crippen LogP contribution in [0.5, 0.6) is 0 Å². The molecule has 0 aromatic carbocycles. The minimum absolute atomic E-state index is 0.0630. The first-order chi connectivity index (χ1) is 5.61. The molecule has 0 fully saturated rings. The fourth-order valence-electron chi connectivity index (χ4n) is 0.862. The fourth-order valence-corrected chi connectivity index (χ4v) is 0.862. The van der Waals surface area contributed by atoms with E-state index in [1.165, 1.54) is 0 Å². The van der Waals surface area contributed by atoms with Gasteiger partial charge in [0, 0.05) is 6.61 Å². The van der Waals surface area contributed by atoms with Crippen LogP contribution in [0, 0.1) is 0 Å². The highest BCUT2D eigenvalue weighted by Gasteiger charge is 2.18. The van der Waals surface area contributed by atoms with Gasteiger partial charge in [0.2, 0.25) is 0 Å². The number of carbonyl (C=O) groups is 1. The lowest BCUT2D eigenvalue weighted by atomic mass is 10.3. The third kappa shape index (κ3) is 4.34. The maximum Gasteiger partial charge on any atom is 0.335 e. The molecule has 0 aliphatic heterocycles. The van der Waals surface area contributed by atoms with Crippen molar-refractivity contribution in [2.45, 2.75) is 46.3 Å². The molecule has 0 rings (SSSR count). The number of rotatable bonds is 5. The SMILES string of the molecule is CCOC(CC)C(=O)OC(C)C.